The molecule has 20 heavy (non-hydrogen) atoms. The van der Waals surface area contributed by atoms with Gasteiger partial charge in [-0.2, -0.15) is 0 Å². The number of aliphatic hydroxyl groups is 1. The monoisotopic (exact) mass is 272 g/mol. The highest BCUT2D eigenvalue weighted by Gasteiger charge is 2.26. The number of hydrogen-bond acceptors (Lipinski definition) is 2. The Bertz CT molecular complexity index is 622. The van der Waals surface area contributed by atoms with Gasteiger partial charge in [-0.05, 0) is 36.6 Å². The summed E-state index contributed by atoms with van der Waals surface area (Å²) in [6, 6.07) is 12.5. The van der Waals surface area contributed by atoms with E-state index in [4.69, 9.17) is 4.74 Å². The van der Waals surface area contributed by atoms with E-state index in [1.807, 2.05) is 12.1 Å². The summed E-state index contributed by atoms with van der Waals surface area (Å²) in [6.45, 7) is 2.17. The highest BCUT2D eigenvalue weighted by molar-refractivity contribution is 5.41. The number of hydrogen-bond donors (Lipinski definition) is 1. The number of rotatable bonds is 4. The summed E-state index contributed by atoms with van der Waals surface area (Å²) in [5.41, 5.74) is 3.29. The van der Waals surface area contributed by atoms with Crippen LogP contribution in [0.2, 0.25) is 0 Å². The highest BCUT2D eigenvalue weighted by atomic mass is 19.1. The largest absolute Gasteiger partial charge is 0.492 e. The van der Waals surface area contributed by atoms with Crippen molar-refractivity contribution in [3.63, 3.8) is 0 Å². The van der Waals surface area contributed by atoms with Gasteiger partial charge in [0, 0.05) is 17.5 Å². The average molecular weight is 272 g/mol. The SMILES string of the molecule is C[C@@H](O)c1ccc(F)cc1OCC1Cc2ccccc21. The maximum absolute atomic E-state index is 13.3. The predicted molar refractivity (Wildman–Crippen MR) is 75.4 cm³/mol. The molecule has 1 N–H and O–H groups in total. The maximum atomic E-state index is 13.3. The first-order chi connectivity index (χ1) is 9.65. The van der Waals surface area contributed by atoms with Crippen LogP contribution < -0.4 is 4.74 Å². The van der Waals surface area contributed by atoms with E-state index in [-0.39, 0.29) is 5.82 Å². The van der Waals surface area contributed by atoms with Crippen molar-refractivity contribution >= 4 is 0 Å². The van der Waals surface area contributed by atoms with Crippen molar-refractivity contribution in [3.05, 3.63) is 65.0 Å². The van der Waals surface area contributed by atoms with Crippen LogP contribution in [0.5, 0.6) is 5.75 Å². The highest BCUT2D eigenvalue weighted by Crippen LogP contribution is 2.36. The summed E-state index contributed by atoms with van der Waals surface area (Å²) in [5, 5.41) is 9.69. The van der Waals surface area contributed by atoms with Crippen molar-refractivity contribution in [2.45, 2.75) is 25.4 Å². The zero-order valence-electron chi connectivity index (χ0n) is 11.3. The van der Waals surface area contributed by atoms with Crippen LogP contribution in [0.15, 0.2) is 42.5 Å². The molecule has 0 spiro atoms. The molecule has 2 atom stereocenters. The number of benzene rings is 2. The molecule has 0 fully saturated rings. The van der Waals surface area contributed by atoms with Gasteiger partial charge in [-0.1, -0.05) is 24.3 Å². The number of ether oxygens (including phenoxy) is 1. The fourth-order valence-corrected chi connectivity index (χ4v) is 2.68. The second kappa shape index (κ2) is 5.25. The van der Waals surface area contributed by atoms with Crippen molar-refractivity contribution in [3.8, 4) is 5.75 Å². The van der Waals surface area contributed by atoms with Crippen LogP contribution >= 0.6 is 0 Å². The number of aliphatic hydroxyl groups excluding tert-OH is 1. The second-order valence-electron chi connectivity index (χ2n) is 5.27. The Kier molecular flexibility index (Phi) is 3.45. The van der Waals surface area contributed by atoms with Crippen LogP contribution in [0.3, 0.4) is 0 Å². The smallest absolute Gasteiger partial charge is 0.128 e. The lowest BCUT2D eigenvalue weighted by atomic mass is 9.78. The standard InChI is InChI=1S/C17H17FO2/c1-11(19)15-7-6-14(18)9-17(15)20-10-13-8-12-4-2-3-5-16(12)13/h2-7,9,11,13,19H,8,10H2,1H3/t11-,13?/m1/s1. The Morgan fingerprint density at radius 3 is 2.85 bits per heavy atom. The molecule has 2 aromatic carbocycles. The molecule has 3 heteroatoms. The molecule has 104 valence electrons. The molecule has 0 aromatic heterocycles. The van der Waals surface area contributed by atoms with Crippen molar-refractivity contribution in [2.24, 2.45) is 0 Å². The number of halogens is 1. The quantitative estimate of drug-likeness (QED) is 0.921. The van der Waals surface area contributed by atoms with Gasteiger partial charge < -0.3 is 9.84 Å². The topological polar surface area (TPSA) is 29.5 Å². The van der Waals surface area contributed by atoms with E-state index in [0.717, 1.165) is 6.42 Å². The summed E-state index contributed by atoms with van der Waals surface area (Å²) >= 11 is 0. The Labute approximate surface area is 117 Å². The third-order valence-corrected chi connectivity index (χ3v) is 3.83. The third-order valence-electron chi connectivity index (χ3n) is 3.83. The molecule has 0 amide bonds. The Balaban J connectivity index is 1.72. The van der Waals surface area contributed by atoms with Gasteiger partial charge in [-0.3, -0.25) is 0 Å². The minimum absolute atomic E-state index is 0.349. The van der Waals surface area contributed by atoms with E-state index in [1.54, 1.807) is 13.0 Å². The molecule has 0 radical (unpaired) electrons. The maximum Gasteiger partial charge on any atom is 0.128 e. The molecule has 0 heterocycles. The molecule has 0 saturated carbocycles. The van der Waals surface area contributed by atoms with Gasteiger partial charge in [-0.15, -0.1) is 0 Å². The summed E-state index contributed by atoms with van der Waals surface area (Å²) in [6.07, 6.45) is 0.328. The predicted octanol–water partition coefficient (Wildman–Crippen LogP) is 3.60. The Hall–Kier alpha value is -1.87. The molecule has 2 aromatic rings. The Morgan fingerprint density at radius 1 is 1.30 bits per heavy atom. The first-order valence-electron chi connectivity index (χ1n) is 6.83. The van der Waals surface area contributed by atoms with E-state index < -0.39 is 6.10 Å². The van der Waals surface area contributed by atoms with E-state index in [1.165, 1.54) is 23.3 Å². The van der Waals surface area contributed by atoms with Crippen molar-refractivity contribution in [1.29, 1.82) is 0 Å². The fourth-order valence-electron chi connectivity index (χ4n) is 2.68. The van der Waals surface area contributed by atoms with E-state index in [0.29, 0.717) is 23.8 Å². The molecular formula is C17H17FO2. The lowest BCUT2D eigenvalue weighted by Gasteiger charge is -2.30. The fraction of sp³-hybridized carbons (Fsp3) is 0.294. The minimum atomic E-state index is -0.667. The molecule has 2 nitrogen and oxygen atoms in total. The van der Waals surface area contributed by atoms with Gasteiger partial charge >= 0.3 is 0 Å². The van der Waals surface area contributed by atoms with Gasteiger partial charge in [0.1, 0.15) is 11.6 Å². The molecule has 1 aliphatic rings. The lowest BCUT2D eigenvalue weighted by Crippen LogP contribution is -2.23. The normalized spacial score (nSPS) is 18.1. The van der Waals surface area contributed by atoms with Gasteiger partial charge in [-0.25, -0.2) is 4.39 Å². The van der Waals surface area contributed by atoms with E-state index in [9.17, 15) is 9.50 Å². The van der Waals surface area contributed by atoms with Crippen molar-refractivity contribution in [2.75, 3.05) is 6.61 Å². The second-order valence-corrected chi connectivity index (χ2v) is 5.27. The molecule has 0 saturated heterocycles. The first-order valence-corrected chi connectivity index (χ1v) is 6.83. The van der Waals surface area contributed by atoms with Gasteiger partial charge in [0.05, 0.1) is 12.7 Å². The molecule has 1 aliphatic carbocycles. The summed E-state index contributed by atoms with van der Waals surface area (Å²) in [5.74, 6) is 0.444. The molecule has 1 unspecified atom stereocenters. The van der Waals surface area contributed by atoms with E-state index in [2.05, 4.69) is 12.1 Å². The van der Waals surface area contributed by atoms with Crippen molar-refractivity contribution in [1.82, 2.24) is 0 Å². The summed E-state index contributed by atoms with van der Waals surface area (Å²) in [4.78, 5) is 0. The molecule has 0 bridgehead atoms. The minimum Gasteiger partial charge on any atom is -0.492 e. The zero-order valence-corrected chi connectivity index (χ0v) is 11.3. The third kappa shape index (κ3) is 2.41. The van der Waals surface area contributed by atoms with Crippen LogP contribution in [0.4, 0.5) is 4.39 Å². The van der Waals surface area contributed by atoms with Gasteiger partial charge in [0.15, 0.2) is 0 Å². The zero-order chi connectivity index (χ0) is 14.1. The van der Waals surface area contributed by atoms with Crippen LogP contribution in [-0.4, -0.2) is 11.7 Å². The number of fused-ring (bicyclic) bond motifs is 1. The molecule has 3 rings (SSSR count). The Morgan fingerprint density at radius 2 is 2.10 bits per heavy atom. The van der Waals surface area contributed by atoms with Crippen molar-refractivity contribution < 1.29 is 14.2 Å². The van der Waals surface area contributed by atoms with Crippen LogP contribution in [0.25, 0.3) is 0 Å². The summed E-state index contributed by atoms with van der Waals surface area (Å²) < 4.78 is 19.0. The van der Waals surface area contributed by atoms with Crippen LogP contribution in [0, 0.1) is 5.82 Å². The first kappa shape index (κ1) is 13.1. The molecular weight excluding hydrogens is 255 g/mol. The lowest BCUT2D eigenvalue weighted by molar-refractivity contribution is 0.188. The summed E-state index contributed by atoms with van der Waals surface area (Å²) in [7, 11) is 0. The average Bonchev–Trinajstić information content (AvgIpc) is 2.39. The van der Waals surface area contributed by atoms with Gasteiger partial charge in [0.2, 0.25) is 0 Å². The molecule has 0 aliphatic heterocycles. The van der Waals surface area contributed by atoms with Crippen LogP contribution in [0.1, 0.15) is 35.6 Å². The van der Waals surface area contributed by atoms with Gasteiger partial charge in [0.25, 0.3) is 0 Å². The van der Waals surface area contributed by atoms with E-state index >= 15 is 0 Å². The van der Waals surface area contributed by atoms with Crippen LogP contribution in [-0.2, 0) is 6.42 Å².